The van der Waals surface area contributed by atoms with Gasteiger partial charge in [-0.25, -0.2) is 9.97 Å². The normalized spacial score (nSPS) is 19.0. The predicted molar refractivity (Wildman–Crippen MR) is 121 cm³/mol. The molecule has 0 bridgehead atoms. The van der Waals surface area contributed by atoms with Crippen molar-refractivity contribution in [2.24, 2.45) is 0 Å². The number of ether oxygens (including phenoxy) is 1. The van der Waals surface area contributed by atoms with E-state index < -0.39 is 0 Å². The topological polar surface area (TPSA) is 67.3 Å². The molecule has 2 heterocycles. The second-order valence-corrected chi connectivity index (χ2v) is 8.68. The van der Waals surface area contributed by atoms with Gasteiger partial charge in [0.2, 0.25) is 5.88 Å². The molecule has 1 aliphatic carbocycles. The van der Waals surface area contributed by atoms with Crippen molar-refractivity contribution in [3.05, 3.63) is 72.4 Å². The summed E-state index contributed by atoms with van der Waals surface area (Å²) in [5.41, 5.74) is 3.03. The molecule has 0 spiro atoms. The minimum absolute atomic E-state index is 0.232. The number of hydrogen-bond donors (Lipinski definition) is 2. The molecule has 6 heteroatoms. The average Bonchev–Trinajstić information content (AvgIpc) is 3.18. The highest BCUT2D eigenvalue weighted by molar-refractivity contribution is 7.22. The quantitative estimate of drug-likeness (QED) is 0.402. The molecule has 30 heavy (non-hydrogen) atoms. The van der Waals surface area contributed by atoms with Crippen LogP contribution in [0, 0.1) is 0 Å². The number of benzene rings is 2. The van der Waals surface area contributed by atoms with E-state index in [0.29, 0.717) is 5.88 Å². The molecule has 1 aliphatic rings. The summed E-state index contributed by atoms with van der Waals surface area (Å²) < 4.78 is 7.28. The fourth-order valence-electron chi connectivity index (χ4n) is 4.01. The van der Waals surface area contributed by atoms with Gasteiger partial charge in [-0.3, -0.25) is 0 Å². The van der Waals surface area contributed by atoms with Crippen molar-refractivity contribution < 1.29 is 9.84 Å². The molecule has 5 nitrogen and oxygen atoms in total. The van der Waals surface area contributed by atoms with E-state index in [4.69, 9.17) is 4.74 Å². The first-order valence-electron chi connectivity index (χ1n) is 10.3. The number of anilines is 2. The maximum atomic E-state index is 10.0. The van der Waals surface area contributed by atoms with Crippen molar-refractivity contribution >= 4 is 32.4 Å². The van der Waals surface area contributed by atoms with Crippen LogP contribution in [-0.2, 0) is 0 Å². The summed E-state index contributed by atoms with van der Waals surface area (Å²) in [6, 6.07) is 19.9. The number of nitrogens with one attached hydrogen (secondary N) is 1. The number of thiazole rings is 1. The Morgan fingerprint density at radius 3 is 2.70 bits per heavy atom. The fraction of sp³-hybridized carbons (Fsp3) is 0.250. The molecule has 5 rings (SSSR count). The lowest BCUT2D eigenvalue weighted by Gasteiger charge is -2.27. The van der Waals surface area contributed by atoms with E-state index in [1.54, 1.807) is 17.5 Å². The average molecular weight is 418 g/mol. The van der Waals surface area contributed by atoms with Crippen LogP contribution < -0.4 is 10.1 Å². The molecule has 1 fully saturated rings. The Morgan fingerprint density at radius 1 is 1.00 bits per heavy atom. The molecule has 2 atom stereocenters. The molecule has 0 amide bonds. The highest BCUT2D eigenvalue weighted by Crippen LogP contribution is 2.38. The van der Waals surface area contributed by atoms with Gasteiger partial charge in [-0.2, -0.15) is 0 Å². The van der Waals surface area contributed by atoms with Crippen LogP contribution in [0.2, 0.25) is 0 Å². The Balaban J connectivity index is 1.30. The molecule has 2 aromatic carbocycles. The molecule has 2 aromatic heterocycles. The first-order valence-corrected chi connectivity index (χ1v) is 11.1. The fourth-order valence-corrected chi connectivity index (χ4v) is 4.90. The van der Waals surface area contributed by atoms with Crippen molar-refractivity contribution in [2.45, 2.75) is 37.7 Å². The summed E-state index contributed by atoms with van der Waals surface area (Å²) in [5.74, 6) is 1.65. The third-order valence-corrected chi connectivity index (χ3v) is 6.45. The molecule has 1 saturated carbocycles. The van der Waals surface area contributed by atoms with E-state index in [-0.39, 0.29) is 12.0 Å². The van der Waals surface area contributed by atoms with Crippen LogP contribution in [-0.4, -0.2) is 21.2 Å². The van der Waals surface area contributed by atoms with E-state index in [1.165, 1.54) is 0 Å². The standard InChI is InChI=1S/C24H23N3O2S/c28-18-6-3-5-16(15-18)20-7-4-14-25-23(20)29-19-12-10-17(11-13-19)26-24-27-21-8-1-2-9-22(21)30-24/h1-2,4,7-14,16,18,28H,3,5-6,15H2,(H,26,27)/t16-,18-/m1/s1. The predicted octanol–water partition coefficient (Wildman–Crippen LogP) is 6.25. The SMILES string of the molecule is O[C@@H]1CCC[C@@H](c2cccnc2Oc2ccc(Nc3nc4ccccc4s3)cc2)C1. The number of aliphatic hydroxyl groups is 1. The summed E-state index contributed by atoms with van der Waals surface area (Å²) >= 11 is 1.63. The minimum Gasteiger partial charge on any atom is -0.439 e. The lowest BCUT2D eigenvalue weighted by molar-refractivity contribution is 0.119. The Morgan fingerprint density at radius 2 is 1.87 bits per heavy atom. The van der Waals surface area contributed by atoms with Gasteiger partial charge < -0.3 is 15.2 Å². The molecule has 4 aromatic rings. The van der Waals surface area contributed by atoms with Gasteiger partial charge >= 0.3 is 0 Å². The number of hydrogen-bond acceptors (Lipinski definition) is 6. The lowest BCUT2D eigenvalue weighted by atomic mass is 9.83. The van der Waals surface area contributed by atoms with Crippen LogP contribution >= 0.6 is 11.3 Å². The van der Waals surface area contributed by atoms with E-state index >= 15 is 0 Å². The van der Waals surface area contributed by atoms with Crippen molar-refractivity contribution in [1.82, 2.24) is 9.97 Å². The largest absolute Gasteiger partial charge is 0.439 e. The third-order valence-electron chi connectivity index (χ3n) is 5.50. The second-order valence-electron chi connectivity index (χ2n) is 7.65. The van der Waals surface area contributed by atoms with Crippen LogP contribution in [0.1, 0.15) is 37.2 Å². The summed E-state index contributed by atoms with van der Waals surface area (Å²) in [6.45, 7) is 0. The monoisotopic (exact) mass is 417 g/mol. The number of nitrogens with zero attached hydrogens (tertiary/aromatic N) is 2. The molecule has 2 N–H and O–H groups in total. The lowest BCUT2D eigenvalue weighted by Crippen LogP contribution is -2.18. The molecule has 0 saturated heterocycles. The zero-order chi connectivity index (χ0) is 20.3. The van der Waals surface area contributed by atoms with Crippen LogP contribution in [0.3, 0.4) is 0 Å². The van der Waals surface area contributed by atoms with Gasteiger partial charge in [0.05, 0.1) is 16.3 Å². The Labute approximate surface area is 179 Å². The zero-order valence-electron chi connectivity index (χ0n) is 16.5. The highest BCUT2D eigenvalue weighted by Gasteiger charge is 2.24. The van der Waals surface area contributed by atoms with Gasteiger partial charge in [-0.05, 0) is 67.6 Å². The molecular weight excluding hydrogens is 394 g/mol. The Kier molecular flexibility index (Phi) is 5.34. The first kappa shape index (κ1) is 19.0. The maximum Gasteiger partial charge on any atom is 0.222 e. The number of rotatable bonds is 5. The Hall–Kier alpha value is -2.96. The van der Waals surface area contributed by atoms with Crippen molar-refractivity contribution in [2.75, 3.05) is 5.32 Å². The number of aliphatic hydroxyl groups excluding tert-OH is 1. The van der Waals surface area contributed by atoms with Gasteiger partial charge in [0.1, 0.15) is 5.75 Å². The van der Waals surface area contributed by atoms with E-state index in [0.717, 1.165) is 58.0 Å². The summed E-state index contributed by atoms with van der Waals surface area (Å²) in [6.07, 6.45) is 5.27. The first-order chi connectivity index (χ1) is 14.7. The van der Waals surface area contributed by atoms with E-state index in [1.807, 2.05) is 48.5 Å². The molecule has 0 radical (unpaired) electrons. The number of para-hydroxylation sites is 1. The maximum absolute atomic E-state index is 10.0. The Bertz CT molecular complexity index is 1110. The van der Waals surface area contributed by atoms with Crippen molar-refractivity contribution in [1.29, 1.82) is 0 Å². The molecule has 0 unspecified atom stereocenters. The highest BCUT2D eigenvalue weighted by atomic mass is 32.1. The van der Waals surface area contributed by atoms with Crippen molar-refractivity contribution in [3.63, 3.8) is 0 Å². The summed E-state index contributed by atoms with van der Waals surface area (Å²) in [4.78, 5) is 9.07. The third kappa shape index (κ3) is 4.15. The summed E-state index contributed by atoms with van der Waals surface area (Å²) in [5, 5.41) is 14.3. The van der Waals surface area contributed by atoms with Gasteiger partial charge in [0, 0.05) is 17.4 Å². The number of aromatic nitrogens is 2. The van der Waals surface area contributed by atoms with Crippen molar-refractivity contribution in [3.8, 4) is 11.6 Å². The zero-order valence-corrected chi connectivity index (χ0v) is 17.3. The number of fused-ring (bicyclic) bond motifs is 1. The van der Waals surface area contributed by atoms with Gasteiger partial charge in [-0.1, -0.05) is 36.0 Å². The van der Waals surface area contributed by atoms with Gasteiger partial charge in [-0.15, -0.1) is 0 Å². The summed E-state index contributed by atoms with van der Waals surface area (Å²) in [7, 11) is 0. The molecular formula is C24H23N3O2S. The van der Waals surface area contributed by atoms with Gasteiger partial charge in [0.25, 0.3) is 0 Å². The minimum atomic E-state index is -0.232. The van der Waals surface area contributed by atoms with Crippen LogP contribution in [0.25, 0.3) is 10.2 Å². The van der Waals surface area contributed by atoms with Crippen LogP contribution in [0.15, 0.2) is 66.9 Å². The van der Waals surface area contributed by atoms with Gasteiger partial charge in [0.15, 0.2) is 5.13 Å². The molecule has 152 valence electrons. The smallest absolute Gasteiger partial charge is 0.222 e. The van der Waals surface area contributed by atoms with Crippen LogP contribution in [0.5, 0.6) is 11.6 Å². The van der Waals surface area contributed by atoms with E-state index in [9.17, 15) is 5.11 Å². The number of pyridine rings is 1. The second kappa shape index (κ2) is 8.42. The van der Waals surface area contributed by atoms with Crippen LogP contribution in [0.4, 0.5) is 10.8 Å². The van der Waals surface area contributed by atoms with E-state index in [2.05, 4.69) is 27.4 Å². The molecule has 0 aliphatic heterocycles.